The van der Waals surface area contributed by atoms with Crippen molar-refractivity contribution < 1.29 is 9.53 Å². The normalized spacial score (nSPS) is 9.64. The van der Waals surface area contributed by atoms with Gasteiger partial charge < -0.3 is 4.74 Å². The van der Waals surface area contributed by atoms with Crippen LogP contribution in [0.5, 0.6) is 0 Å². The van der Waals surface area contributed by atoms with Gasteiger partial charge in [-0.2, -0.15) is 11.8 Å². The van der Waals surface area contributed by atoms with Crippen LogP contribution in [0, 0.1) is 0 Å². The largest absolute Gasteiger partial charge is 0.466 e. The van der Waals surface area contributed by atoms with E-state index in [0.717, 1.165) is 12.8 Å². The van der Waals surface area contributed by atoms with Crippen LogP contribution >= 0.6 is 11.8 Å². The van der Waals surface area contributed by atoms with Crippen molar-refractivity contribution in [2.45, 2.75) is 26.7 Å². The number of esters is 1. The predicted molar refractivity (Wildman–Crippen MR) is 48.9 cm³/mol. The van der Waals surface area contributed by atoms with Crippen molar-refractivity contribution in [3.05, 3.63) is 0 Å². The lowest BCUT2D eigenvalue weighted by molar-refractivity contribution is -0.141. The van der Waals surface area contributed by atoms with Gasteiger partial charge in [-0.15, -0.1) is 0 Å². The molecule has 0 aromatic rings. The van der Waals surface area contributed by atoms with Crippen molar-refractivity contribution in [2.24, 2.45) is 0 Å². The molecule has 0 N–H and O–H groups in total. The number of carbonyl (C=O) groups excluding carboxylic acids is 1. The van der Waals surface area contributed by atoms with Crippen LogP contribution in [0.4, 0.5) is 0 Å². The summed E-state index contributed by atoms with van der Waals surface area (Å²) in [6.07, 6.45) is 2.14. The van der Waals surface area contributed by atoms with E-state index < -0.39 is 0 Å². The van der Waals surface area contributed by atoms with E-state index in [1.165, 1.54) is 18.4 Å². The van der Waals surface area contributed by atoms with Crippen molar-refractivity contribution >= 4 is 17.7 Å². The summed E-state index contributed by atoms with van der Waals surface area (Å²) in [4.78, 5) is 10.3. The van der Waals surface area contributed by atoms with Gasteiger partial charge in [-0.3, -0.25) is 4.79 Å². The second kappa shape index (κ2) is 7.92. The van der Waals surface area contributed by atoms with Crippen molar-refractivity contribution in [3.63, 3.8) is 0 Å². The first-order chi connectivity index (χ1) is 5.27. The lowest BCUT2D eigenvalue weighted by atomic mass is 10.4. The second-order valence-corrected chi connectivity index (χ2v) is 3.64. The molecule has 66 valence electrons. The molecule has 0 aliphatic heterocycles. The summed E-state index contributed by atoms with van der Waals surface area (Å²) in [7, 11) is 0. The number of carbonyl (C=O) groups is 1. The van der Waals surface area contributed by atoms with Crippen LogP contribution in [0.3, 0.4) is 0 Å². The van der Waals surface area contributed by atoms with Gasteiger partial charge in [0.15, 0.2) is 0 Å². The van der Waals surface area contributed by atoms with Crippen LogP contribution in [0.25, 0.3) is 0 Å². The molecule has 11 heavy (non-hydrogen) atoms. The Labute approximate surface area is 72.7 Å². The van der Waals surface area contributed by atoms with Crippen LogP contribution in [-0.2, 0) is 9.53 Å². The fourth-order valence-corrected chi connectivity index (χ4v) is 1.36. The molecule has 0 aliphatic rings. The van der Waals surface area contributed by atoms with Gasteiger partial charge in [-0.25, -0.2) is 0 Å². The van der Waals surface area contributed by atoms with Crippen molar-refractivity contribution in [1.29, 1.82) is 0 Å². The minimum absolute atomic E-state index is 0.173. The van der Waals surface area contributed by atoms with E-state index in [4.69, 9.17) is 4.74 Å². The summed E-state index contributed by atoms with van der Waals surface area (Å²) < 4.78 is 4.77. The molecule has 0 aromatic carbocycles. The molecule has 0 radical (unpaired) electrons. The lowest BCUT2D eigenvalue weighted by Crippen LogP contribution is -2.00. The maximum absolute atomic E-state index is 10.3. The summed E-state index contributed by atoms with van der Waals surface area (Å²) >= 11 is 1.93. The molecule has 0 unspecified atom stereocenters. The van der Waals surface area contributed by atoms with Gasteiger partial charge in [0.2, 0.25) is 0 Å². The fraction of sp³-hybridized carbons (Fsp3) is 0.875. The number of thioether (sulfide) groups is 1. The molecule has 0 saturated heterocycles. The highest BCUT2D eigenvalue weighted by Gasteiger charge is 1.92. The van der Waals surface area contributed by atoms with Crippen LogP contribution in [-0.4, -0.2) is 24.1 Å². The first kappa shape index (κ1) is 10.8. The molecule has 0 aliphatic carbocycles. The van der Waals surface area contributed by atoms with E-state index in [9.17, 15) is 4.79 Å². The van der Waals surface area contributed by atoms with E-state index in [2.05, 4.69) is 6.92 Å². The highest BCUT2D eigenvalue weighted by molar-refractivity contribution is 7.99. The zero-order valence-corrected chi connectivity index (χ0v) is 8.08. The topological polar surface area (TPSA) is 26.3 Å². The Morgan fingerprint density at radius 3 is 2.73 bits per heavy atom. The Morgan fingerprint density at radius 2 is 2.18 bits per heavy atom. The fourth-order valence-electron chi connectivity index (χ4n) is 0.666. The number of hydrogen-bond acceptors (Lipinski definition) is 3. The average Bonchev–Trinajstić information content (AvgIpc) is 1.96. The van der Waals surface area contributed by atoms with Gasteiger partial charge in [0.1, 0.15) is 0 Å². The molecule has 0 fully saturated rings. The first-order valence-electron chi connectivity index (χ1n) is 3.98. The molecule has 0 amide bonds. The average molecular weight is 176 g/mol. The van der Waals surface area contributed by atoms with E-state index in [0.29, 0.717) is 6.61 Å². The zero-order chi connectivity index (χ0) is 8.53. The molecular weight excluding hydrogens is 160 g/mol. The molecule has 3 heteroatoms. The second-order valence-electron chi connectivity index (χ2n) is 2.24. The molecular formula is C8H16O2S. The number of hydrogen-bond donors (Lipinski definition) is 0. The third-order valence-electron chi connectivity index (χ3n) is 1.19. The standard InChI is InChI=1S/C8H16O2S/c1-3-11-7-5-4-6-10-8(2)9/h3-7H2,1-2H3. The van der Waals surface area contributed by atoms with Crippen LogP contribution in [0.1, 0.15) is 26.7 Å². The molecule has 0 saturated carbocycles. The molecule has 0 aromatic heterocycles. The van der Waals surface area contributed by atoms with Crippen LogP contribution < -0.4 is 0 Å². The molecule has 2 nitrogen and oxygen atoms in total. The first-order valence-corrected chi connectivity index (χ1v) is 5.14. The maximum Gasteiger partial charge on any atom is 0.302 e. The Hall–Kier alpha value is -0.180. The third-order valence-corrected chi connectivity index (χ3v) is 2.18. The molecule has 0 bridgehead atoms. The Bertz CT molecular complexity index is 104. The van der Waals surface area contributed by atoms with Gasteiger partial charge in [0.25, 0.3) is 0 Å². The van der Waals surface area contributed by atoms with Gasteiger partial charge in [0, 0.05) is 6.92 Å². The molecule has 0 rings (SSSR count). The number of rotatable bonds is 6. The number of ether oxygens (including phenoxy) is 1. The summed E-state index contributed by atoms with van der Waals surface area (Å²) in [6, 6.07) is 0. The maximum atomic E-state index is 10.3. The smallest absolute Gasteiger partial charge is 0.302 e. The number of unbranched alkanes of at least 4 members (excludes halogenated alkanes) is 1. The lowest BCUT2D eigenvalue weighted by Gasteiger charge is -2.00. The minimum atomic E-state index is -0.173. The van der Waals surface area contributed by atoms with Crippen LogP contribution in [0.15, 0.2) is 0 Å². The van der Waals surface area contributed by atoms with Gasteiger partial charge >= 0.3 is 5.97 Å². The van der Waals surface area contributed by atoms with Crippen molar-refractivity contribution in [3.8, 4) is 0 Å². The van der Waals surface area contributed by atoms with Gasteiger partial charge in [-0.05, 0) is 24.3 Å². The predicted octanol–water partition coefficient (Wildman–Crippen LogP) is 2.08. The van der Waals surface area contributed by atoms with Crippen LogP contribution in [0.2, 0.25) is 0 Å². The quantitative estimate of drug-likeness (QED) is 0.458. The van der Waals surface area contributed by atoms with E-state index in [1.54, 1.807) is 0 Å². The molecule has 0 spiro atoms. The summed E-state index contributed by atoms with van der Waals surface area (Å²) in [5.41, 5.74) is 0. The monoisotopic (exact) mass is 176 g/mol. The molecule has 0 heterocycles. The summed E-state index contributed by atoms with van der Waals surface area (Å²) in [6.45, 7) is 4.18. The SMILES string of the molecule is CCSCCCCOC(C)=O. The van der Waals surface area contributed by atoms with E-state index in [-0.39, 0.29) is 5.97 Å². The summed E-state index contributed by atoms with van der Waals surface area (Å²) in [5, 5.41) is 0. The minimum Gasteiger partial charge on any atom is -0.466 e. The van der Waals surface area contributed by atoms with Gasteiger partial charge in [0.05, 0.1) is 6.61 Å². The van der Waals surface area contributed by atoms with Crippen molar-refractivity contribution in [2.75, 3.05) is 18.1 Å². The Kier molecular flexibility index (Phi) is 7.79. The zero-order valence-electron chi connectivity index (χ0n) is 7.26. The highest BCUT2D eigenvalue weighted by Crippen LogP contribution is 2.03. The van der Waals surface area contributed by atoms with Gasteiger partial charge in [-0.1, -0.05) is 6.92 Å². The highest BCUT2D eigenvalue weighted by atomic mass is 32.2. The van der Waals surface area contributed by atoms with E-state index >= 15 is 0 Å². The summed E-state index contributed by atoms with van der Waals surface area (Å²) in [5.74, 6) is 2.18. The van der Waals surface area contributed by atoms with Crippen molar-refractivity contribution in [1.82, 2.24) is 0 Å². The van der Waals surface area contributed by atoms with E-state index in [1.807, 2.05) is 11.8 Å². The third kappa shape index (κ3) is 9.82. The Morgan fingerprint density at radius 1 is 1.45 bits per heavy atom. The molecule has 0 atom stereocenters. The Balaban J connectivity index is 2.85.